The van der Waals surface area contributed by atoms with Gasteiger partial charge in [0.05, 0.1) is 65.3 Å². The predicted molar refractivity (Wildman–Crippen MR) is 423 cm³/mol. The van der Waals surface area contributed by atoms with E-state index in [9.17, 15) is 74.3 Å². The Kier molecular flexibility index (Phi) is 27.6. The van der Waals surface area contributed by atoms with Crippen LogP contribution in [0.15, 0.2) is 116 Å². The van der Waals surface area contributed by atoms with Crippen LogP contribution in [0.2, 0.25) is 15.1 Å². The number of carbonyl (C=O) groups excluding carboxylic acids is 9. The molecule has 11 bridgehead atoms. The molecular weight excluding hydrogens is 1650 g/mol. The van der Waals surface area contributed by atoms with E-state index in [1.165, 1.54) is 50.6 Å². The van der Waals surface area contributed by atoms with Crippen molar-refractivity contribution in [3.63, 3.8) is 0 Å². The number of benzene rings is 6. The number of aliphatic hydroxyl groups is 6. The van der Waals surface area contributed by atoms with Gasteiger partial charge in [-0.1, -0.05) is 66.8 Å². The topological polar surface area (TPSA) is 560 Å². The SMILES string of the molecule is CN[C@H](CC(C)C)C(=O)N[C@H]1C(=O)N[C@@H](CC(N)=O)C(=O)N[C@H]2C(=O)N[C@H]3C(=O)N[C@H](C(=O)N[C@@H](C(=O)NOC)c4cc(O)cc(O)c4-c4cc3ccc4O)[C@H](O)c3ccc(c(Cl)c3)Oc3cc2cc(c3O[C@@H]2O[C@H](CO)[C@@H](O)[C@H](O)[C@H]2O[C@H]2C[C@](C)(NCc3cncc(NC(=O)c4ccc(Cl)c(F)c4)c3)[C@H](O)[C@H](C)O2)Oc2ccc(cc2Cl)[C@H]1O. The molecule has 2 fully saturated rings. The Morgan fingerprint density at radius 2 is 1.36 bits per heavy atom. The lowest BCUT2D eigenvalue weighted by Crippen LogP contribution is -2.65. The molecule has 7 aliphatic rings. The maximum absolute atomic E-state index is 16.3. The molecule has 2 saturated heterocycles. The molecule has 37 nitrogen and oxygen atoms in total. The fraction of sp³-hybridized carbons (Fsp3) is 0.375. The number of phenolic OH excluding ortho intramolecular Hbond substituents is 3. The van der Waals surface area contributed by atoms with Crippen molar-refractivity contribution in [1.82, 2.24) is 53.0 Å². The quantitative estimate of drug-likeness (QED) is 0.0517. The van der Waals surface area contributed by atoms with E-state index < -0.39 is 254 Å². The minimum Gasteiger partial charge on any atom is -0.508 e. The number of rotatable bonds is 19. The van der Waals surface area contributed by atoms with Gasteiger partial charge in [0.15, 0.2) is 23.9 Å². The van der Waals surface area contributed by atoms with Gasteiger partial charge < -0.3 is 128 Å². The first-order valence-corrected chi connectivity index (χ1v) is 38.8. The third kappa shape index (κ3) is 19.7. The summed E-state index contributed by atoms with van der Waals surface area (Å²) in [6.07, 6.45) is -16.6. The van der Waals surface area contributed by atoms with Crippen LogP contribution in [0, 0.1) is 11.7 Å². The Morgan fingerprint density at radius 1 is 0.711 bits per heavy atom. The number of aliphatic hydroxyl groups excluding tert-OH is 6. The Balaban J connectivity index is 1.03. The highest BCUT2D eigenvalue weighted by Gasteiger charge is 2.52. The van der Waals surface area contributed by atoms with Gasteiger partial charge in [-0.3, -0.25) is 53.0 Å². The third-order valence-corrected chi connectivity index (χ3v) is 21.8. The highest BCUT2D eigenvalue weighted by molar-refractivity contribution is 6.32. The Bertz CT molecular complexity index is 5180. The second kappa shape index (κ2) is 37.4. The standard InChI is InChI=1S/C80H86Cl3FN12O25/c1-31(2)15-47(86-5)72(108)94-62-64(102)35-9-13-51(44(82)18-35)117-53-21-38-22-54(68(53)121-79-69(67(105)66(104)55(30-97)119-79)120-57-26-80(4,70(106)32(3)116-57)88-28-33-16-39(29-87-27-33)89-71(107)37-7-11-43(81)46(84)20-37)118-52-14-10-36(19-45(52)83)65(103)63-77(113)93-61(78(114)96-115-6)42-23-40(98)24-50(100)58(42)41-17-34(8-12-49(41)99)59(74(110)95-63)92-75(111)60(38)91-73(109)48(25-56(85)101)90-76(62)112/h7-14,16-24,27,29,31-32,47-48,55,57,59-67,69-70,79,86,88,97-100,102-106H,15,25-26,28,30H2,1-6H3,(H2,85,101)(H,89,107)(H,90,112)(H,91,109)(H,92,111)(H,93,113)(H,94,108)(H,95,110)(H,96,114)/t32-,47+,48-,55+,57-,59+,60+,61+,62+,63-,64+,65+,66+,67-,69+,70+,79-,80-/m0/s1. The highest BCUT2D eigenvalue weighted by Crippen LogP contribution is 2.50. The molecule has 41 heteroatoms. The van der Waals surface area contributed by atoms with Crippen molar-refractivity contribution in [3.05, 3.63) is 175 Å². The van der Waals surface area contributed by atoms with Gasteiger partial charge >= 0.3 is 0 Å². The number of phenols is 3. The molecule has 0 saturated carbocycles. The zero-order valence-electron chi connectivity index (χ0n) is 65.0. The fourth-order valence-corrected chi connectivity index (χ4v) is 15.2. The van der Waals surface area contributed by atoms with E-state index in [2.05, 4.69) is 58.3 Å². The molecule has 6 aromatic carbocycles. The number of amides is 9. The van der Waals surface area contributed by atoms with Crippen LogP contribution in [0.3, 0.4) is 0 Å². The van der Waals surface area contributed by atoms with Gasteiger partial charge in [-0.05, 0) is 145 Å². The number of hydrogen-bond acceptors (Lipinski definition) is 28. The van der Waals surface area contributed by atoms with Gasteiger partial charge in [0.1, 0.15) is 101 Å². The molecule has 0 aliphatic carbocycles. The number of carbonyl (C=O) groups is 9. The van der Waals surface area contributed by atoms with E-state index in [1.54, 1.807) is 13.0 Å². The van der Waals surface area contributed by atoms with Crippen LogP contribution in [0.25, 0.3) is 11.1 Å². The molecular formula is C80H86Cl3FN12O25. The smallest absolute Gasteiger partial charge is 0.270 e. The van der Waals surface area contributed by atoms with E-state index >= 15 is 19.2 Å². The molecule has 7 aromatic rings. The van der Waals surface area contributed by atoms with Crippen molar-refractivity contribution in [2.45, 2.75) is 163 Å². The van der Waals surface area contributed by atoms with Crippen LogP contribution in [-0.2, 0) is 63.9 Å². The van der Waals surface area contributed by atoms with Gasteiger partial charge in [-0.25, -0.2) is 9.87 Å². The molecule has 9 amide bonds. The average molecular weight is 1740 g/mol. The van der Waals surface area contributed by atoms with Crippen LogP contribution >= 0.6 is 34.8 Å². The molecule has 1 aromatic heterocycles. The number of primary amides is 1. The summed E-state index contributed by atoms with van der Waals surface area (Å²) in [5, 5.41) is 129. The van der Waals surface area contributed by atoms with Gasteiger partial charge in [0.2, 0.25) is 53.4 Å². The maximum Gasteiger partial charge on any atom is 0.270 e. The summed E-state index contributed by atoms with van der Waals surface area (Å²) >= 11 is 20.2. The zero-order chi connectivity index (χ0) is 87.5. The van der Waals surface area contributed by atoms with Crippen molar-refractivity contribution in [2.24, 2.45) is 11.7 Å². The van der Waals surface area contributed by atoms with E-state index in [1.807, 2.05) is 13.8 Å². The van der Waals surface area contributed by atoms with Crippen molar-refractivity contribution >= 4 is 93.7 Å². The van der Waals surface area contributed by atoms with Crippen molar-refractivity contribution in [1.29, 1.82) is 0 Å². The van der Waals surface area contributed by atoms with Crippen molar-refractivity contribution in [2.75, 3.05) is 26.1 Å². The molecule has 644 valence electrons. The second-order valence-corrected chi connectivity index (χ2v) is 31.2. The number of nitrogens with one attached hydrogen (secondary N) is 10. The second-order valence-electron chi connectivity index (χ2n) is 30.0. The summed E-state index contributed by atoms with van der Waals surface area (Å²) in [6, 6.07) is 4.64. The van der Waals surface area contributed by atoms with E-state index in [0.29, 0.717) is 5.56 Å². The number of hydrogen-bond donors (Lipinski definition) is 20. The number of halogens is 4. The number of likely N-dealkylation sites (N-methyl/N-ethyl adjacent to an activating group) is 1. The molecule has 14 rings (SSSR count). The van der Waals surface area contributed by atoms with E-state index in [4.69, 9.17) is 73.8 Å². The number of anilines is 1. The van der Waals surface area contributed by atoms with Gasteiger partial charge in [0, 0.05) is 47.5 Å². The first-order valence-electron chi connectivity index (χ1n) is 37.7. The monoisotopic (exact) mass is 1740 g/mol. The van der Waals surface area contributed by atoms with Crippen molar-refractivity contribution < 1.29 is 127 Å². The van der Waals surface area contributed by atoms with E-state index in [0.717, 1.165) is 79.9 Å². The summed E-state index contributed by atoms with van der Waals surface area (Å²) in [6.45, 7) is 5.67. The largest absolute Gasteiger partial charge is 0.508 e. The molecule has 21 N–H and O–H groups in total. The molecule has 121 heavy (non-hydrogen) atoms. The Hall–Kier alpha value is -11.2. The van der Waals surface area contributed by atoms with Crippen LogP contribution in [0.1, 0.15) is 121 Å². The molecule has 0 spiro atoms. The lowest BCUT2D eigenvalue weighted by Gasteiger charge is -2.48. The lowest BCUT2D eigenvalue weighted by atomic mass is 9.84. The number of nitrogens with two attached hydrogens (primary N) is 1. The molecule has 0 unspecified atom stereocenters. The number of hydroxylamine groups is 1. The normalized spacial score (nSPS) is 26.4. The fourth-order valence-electron chi connectivity index (χ4n) is 14.6. The zero-order valence-corrected chi connectivity index (χ0v) is 67.3. The maximum atomic E-state index is 16.3. The number of nitrogens with zero attached hydrogens (tertiary/aromatic N) is 1. The highest BCUT2D eigenvalue weighted by atomic mass is 35.5. The number of aromatic nitrogens is 1. The van der Waals surface area contributed by atoms with Crippen LogP contribution in [-0.4, -0.2) is 204 Å². The minimum atomic E-state index is -2.39. The molecule has 7 aliphatic heterocycles. The van der Waals surface area contributed by atoms with E-state index in [-0.39, 0.29) is 64.0 Å². The number of ether oxygens (including phenoxy) is 6. The Morgan fingerprint density at radius 3 is 2.00 bits per heavy atom. The number of pyridine rings is 1. The summed E-state index contributed by atoms with van der Waals surface area (Å²) in [5.74, 6) is -17.0. The van der Waals surface area contributed by atoms with Crippen LogP contribution in [0.5, 0.6) is 46.0 Å². The molecule has 0 radical (unpaired) electrons. The number of fused-ring (bicyclic) bond motifs is 15. The number of aromatic hydroxyl groups is 3. The minimum absolute atomic E-state index is 0.0447. The molecule has 8 heterocycles. The average Bonchev–Trinajstić information content (AvgIpc) is 0.765. The van der Waals surface area contributed by atoms with Gasteiger partial charge in [0.25, 0.3) is 11.8 Å². The Labute approximate surface area is 702 Å². The van der Waals surface area contributed by atoms with Crippen molar-refractivity contribution in [3.8, 4) is 57.1 Å². The van der Waals surface area contributed by atoms with Crippen LogP contribution in [0.4, 0.5) is 10.1 Å². The van der Waals surface area contributed by atoms with Gasteiger partial charge in [-0.2, -0.15) is 0 Å². The first-order chi connectivity index (χ1) is 57.4. The predicted octanol–water partition coefficient (Wildman–Crippen LogP) is 2.97. The summed E-state index contributed by atoms with van der Waals surface area (Å²) in [5.41, 5.74) is 4.40. The molecule has 18 atom stereocenters. The summed E-state index contributed by atoms with van der Waals surface area (Å²) < 4.78 is 53.8. The first kappa shape index (κ1) is 89.1. The summed E-state index contributed by atoms with van der Waals surface area (Å²) in [7, 11) is 2.50. The lowest BCUT2D eigenvalue weighted by molar-refractivity contribution is -0.334. The third-order valence-electron chi connectivity index (χ3n) is 20.9. The van der Waals surface area contributed by atoms with Crippen LogP contribution < -0.4 is 73.3 Å². The summed E-state index contributed by atoms with van der Waals surface area (Å²) in [4.78, 5) is 142. The van der Waals surface area contributed by atoms with Gasteiger partial charge in [-0.15, -0.1) is 0 Å².